The fourth-order valence-electron chi connectivity index (χ4n) is 2.59. The summed E-state index contributed by atoms with van der Waals surface area (Å²) < 4.78 is 0. The van der Waals surface area contributed by atoms with E-state index in [4.69, 9.17) is 0 Å². The second kappa shape index (κ2) is 8.49. The normalized spacial score (nSPS) is 10.9. The van der Waals surface area contributed by atoms with Crippen LogP contribution in [0.2, 0.25) is 0 Å². The van der Waals surface area contributed by atoms with Gasteiger partial charge in [0.15, 0.2) is 5.78 Å². The molecule has 1 aromatic heterocycles. The maximum atomic E-state index is 12.3. The van der Waals surface area contributed by atoms with Crippen LogP contribution in [-0.4, -0.2) is 21.8 Å². The van der Waals surface area contributed by atoms with Gasteiger partial charge in [0.2, 0.25) is 11.8 Å². The Morgan fingerprint density at radius 1 is 1.11 bits per heavy atom. The predicted octanol–water partition coefficient (Wildman–Crippen LogP) is 3.59. The van der Waals surface area contributed by atoms with Crippen molar-refractivity contribution in [2.75, 3.05) is 5.32 Å². The highest BCUT2D eigenvalue weighted by Crippen LogP contribution is 2.20. The molecule has 0 saturated heterocycles. The summed E-state index contributed by atoms with van der Waals surface area (Å²) in [5.74, 6) is -0.378. The number of aromatic amines is 1. The topological polar surface area (TPSA) is 99.3 Å². The first kappa shape index (κ1) is 19.3. The van der Waals surface area contributed by atoms with Gasteiger partial charge >= 0.3 is 4.87 Å². The number of nitrogens with one attached hydrogen (secondary N) is 2. The standard InChI is InChI=1S/C21H18N2O4S/c1-13(24)22-17-9-4-14(5-10-17)6-11-18(25)16-7-2-15(3-8-16)12-19-20(26)23-21(27)28-19/h2-11,26H,12H2,1H3,(H,22,24)(H,23,27). The first-order valence-electron chi connectivity index (χ1n) is 8.50. The molecule has 28 heavy (non-hydrogen) atoms. The molecular formula is C21H18N2O4S. The Balaban J connectivity index is 1.64. The number of aromatic nitrogens is 1. The molecule has 0 atom stereocenters. The fourth-order valence-corrected chi connectivity index (χ4v) is 3.35. The first-order chi connectivity index (χ1) is 13.4. The Bertz CT molecular complexity index is 1080. The Morgan fingerprint density at radius 3 is 2.36 bits per heavy atom. The molecule has 3 N–H and O–H groups in total. The van der Waals surface area contributed by atoms with Crippen LogP contribution in [0.1, 0.15) is 33.3 Å². The Hall–Kier alpha value is -3.45. The van der Waals surface area contributed by atoms with Crippen LogP contribution in [0, 0.1) is 0 Å². The smallest absolute Gasteiger partial charge is 0.307 e. The first-order valence-corrected chi connectivity index (χ1v) is 9.32. The minimum Gasteiger partial charge on any atom is -0.494 e. The lowest BCUT2D eigenvalue weighted by atomic mass is 10.0. The highest BCUT2D eigenvalue weighted by Gasteiger charge is 2.08. The van der Waals surface area contributed by atoms with E-state index in [0.717, 1.165) is 22.5 Å². The number of hydrogen-bond donors (Lipinski definition) is 3. The molecular weight excluding hydrogens is 376 g/mol. The number of amides is 1. The second-order valence-corrected chi connectivity index (χ2v) is 7.23. The fraction of sp³-hybridized carbons (Fsp3) is 0.0952. The van der Waals surface area contributed by atoms with Gasteiger partial charge in [-0.2, -0.15) is 0 Å². The van der Waals surface area contributed by atoms with Crippen molar-refractivity contribution in [2.24, 2.45) is 0 Å². The number of carbonyl (C=O) groups is 2. The van der Waals surface area contributed by atoms with Gasteiger partial charge in [-0.25, -0.2) is 0 Å². The molecule has 2 aromatic carbocycles. The van der Waals surface area contributed by atoms with E-state index in [1.807, 2.05) is 12.1 Å². The van der Waals surface area contributed by atoms with Crippen molar-refractivity contribution in [1.82, 2.24) is 4.98 Å². The zero-order valence-corrected chi connectivity index (χ0v) is 15.9. The minimum absolute atomic E-state index is 0.109. The van der Waals surface area contributed by atoms with E-state index in [-0.39, 0.29) is 22.4 Å². The van der Waals surface area contributed by atoms with Crippen LogP contribution in [0.4, 0.5) is 5.69 Å². The van der Waals surface area contributed by atoms with Crippen molar-refractivity contribution in [3.8, 4) is 5.88 Å². The highest BCUT2D eigenvalue weighted by atomic mass is 32.1. The van der Waals surface area contributed by atoms with Gasteiger partial charge in [-0.15, -0.1) is 0 Å². The molecule has 0 unspecified atom stereocenters. The number of rotatable bonds is 6. The molecule has 0 bridgehead atoms. The number of anilines is 1. The zero-order valence-electron chi connectivity index (χ0n) is 15.1. The molecule has 3 aromatic rings. The monoisotopic (exact) mass is 394 g/mol. The lowest BCUT2D eigenvalue weighted by Gasteiger charge is -2.02. The second-order valence-electron chi connectivity index (χ2n) is 6.16. The SMILES string of the molecule is CC(=O)Nc1ccc(C=CC(=O)c2ccc(Cc3sc(=O)[nH]c3O)cc2)cc1. The van der Waals surface area contributed by atoms with E-state index < -0.39 is 0 Å². The number of allylic oxidation sites excluding steroid dienone is 1. The molecule has 142 valence electrons. The third-order valence-corrected chi connectivity index (χ3v) is 4.83. The van der Waals surface area contributed by atoms with Gasteiger partial charge in [-0.3, -0.25) is 19.4 Å². The van der Waals surface area contributed by atoms with Crippen LogP contribution in [0.3, 0.4) is 0 Å². The van der Waals surface area contributed by atoms with E-state index in [0.29, 0.717) is 22.5 Å². The third-order valence-electron chi connectivity index (χ3n) is 3.96. The van der Waals surface area contributed by atoms with Gasteiger partial charge in [-0.1, -0.05) is 53.8 Å². The van der Waals surface area contributed by atoms with Gasteiger partial charge in [0.1, 0.15) is 0 Å². The summed E-state index contributed by atoms with van der Waals surface area (Å²) in [4.78, 5) is 37.2. The number of aromatic hydroxyl groups is 1. The number of H-pyrrole nitrogens is 1. The van der Waals surface area contributed by atoms with Gasteiger partial charge in [-0.05, 0) is 29.3 Å². The number of benzene rings is 2. The van der Waals surface area contributed by atoms with Gasteiger partial charge < -0.3 is 10.4 Å². The Morgan fingerprint density at radius 2 is 1.79 bits per heavy atom. The third kappa shape index (κ3) is 5.05. The molecule has 0 aliphatic carbocycles. The maximum absolute atomic E-state index is 12.3. The average molecular weight is 394 g/mol. The summed E-state index contributed by atoms with van der Waals surface area (Å²) in [5.41, 5.74) is 2.97. The lowest BCUT2D eigenvalue weighted by molar-refractivity contribution is -0.114. The van der Waals surface area contributed by atoms with Crippen molar-refractivity contribution >= 4 is 34.8 Å². The van der Waals surface area contributed by atoms with Crippen molar-refractivity contribution in [3.63, 3.8) is 0 Å². The van der Waals surface area contributed by atoms with Crippen molar-refractivity contribution in [3.05, 3.63) is 85.8 Å². The van der Waals surface area contributed by atoms with Crippen molar-refractivity contribution < 1.29 is 14.7 Å². The van der Waals surface area contributed by atoms with Crippen LogP contribution < -0.4 is 10.2 Å². The summed E-state index contributed by atoms with van der Waals surface area (Å²) >= 11 is 0.967. The Labute approximate surface area is 165 Å². The number of hydrogen-bond acceptors (Lipinski definition) is 5. The molecule has 1 heterocycles. The van der Waals surface area contributed by atoms with Gasteiger partial charge in [0.25, 0.3) is 0 Å². The van der Waals surface area contributed by atoms with Gasteiger partial charge in [0, 0.05) is 24.6 Å². The van der Waals surface area contributed by atoms with Gasteiger partial charge in [0.05, 0.1) is 4.88 Å². The minimum atomic E-state index is -0.297. The van der Waals surface area contributed by atoms with Crippen LogP contribution in [0.25, 0.3) is 6.08 Å². The average Bonchev–Trinajstić information content (AvgIpc) is 2.98. The molecule has 0 spiro atoms. The molecule has 3 rings (SSSR count). The summed E-state index contributed by atoms with van der Waals surface area (Å²) in [7, 11) is 0. The summed E-state index contributed by atoms with van der Waals surface area (Å²) in [5, 5.41) is 12.3. The van der Waals surface area contributed by atoms with E-state index >= 15 is 0 Å². The van der Waals surface area contributed by atoms with E-state index in [1.165, 1.54) is 13.0 Å². The predicted molar refractivity (Wildman–Crippen MR) is 110 cm³/mol. The number of carbonyl (C=O) groups excluding carboxylic acids is 2. The van der Waals surface area contributed by atoms with Crippen LogP contribution in [0.15, 0.2) is 59.4 Å². The molecule has 0 saturated carbocycles. The number of ketones is 1. The lowest BCUT2D eigenvalue weighted by Crippen LogP contribution is -2.05. The molecule has 0 aliphatic rings. The van der Waals surface area contributed by atoms with Crippen molar-refractivity contribution in [1.29, 1.82) is 0 Å². The summed E-state index contributed by atoms with van der Waals surface area (Å²) in [6.45, 7) is 1.44. The molecule has 7 heteroatoms. The van der Waals surface area contributed by atoms with E-state index in [1.54, 1.807) is 42.5 Å². The highest BCUT2D eigenvalue weighted by molar-refractivity contribution is 7.09. The maximum Gasteiger partial charge on any atom is 0.307 e. The molecule has 0 aliphatic heterocycles. The zero-order chi connectivity index (χ0) is 20.1. The van der Waals surface area contributed by atoms with Crippen molar-refractivity contribution in [2.45, 2.75) is 13.3 Å². The van der Waals surface area contributed by atoms with E-state index in [2.05, 4.69) is 10.3 Å². The quantitative estimate of drug-likeness (QED) is 0.439. The summed E-state index contributed by atoms with van der Waals surface area (Å²) in [6, 6.07) is 14.2. The van der Waals surface area contributed by atoms with E-state index in [9.17, 15) is 19.5 Å². The van der Waals surface area contributed by atoms with Crippen LogP contribution >= 0.6 is 11.3 Å². The molecule has 6 nitrogen and oxygen atoms in total. The number of thiazole rings is 1. The van der Waals surface area contributed by atoms with Crippen LogP contribution in [0.5, 0.6) is 5.88 Å². The molecule has 1 amide bonds. The Kier molecular flexibility index (Phi) is 5.86. The van der Waals surface area contributed by atoms with Crippen LogP contribution in [-0.2, 0) is 11.2 Å². The largest absolute Gasteiger partial charge is 0.494 e. The molecule has 0 fully saturated rings. The summed E-state index contributed by atoms with van der Waals surface area (Å²) in [6.07, 6.45) is 3.62. The molecule has 0 radical (unpaired) electrons.